The summed E-state index contributed by atoms with van der Waals surface area (Å²) >= 11 is 0. The second kappa shape index (κ2) is 4.58. The fraction of sp³-hybridized carbons (Fsp3) is 0.889. The van der Waals surface area contributed by atoms with Gasteiger partial charge in [0, 0.05) is 6.61 Å². The summed E-state index contributed by atoms with van der Waals surface area (Å²) in [5.74, 6) is -0.115. The lowest BCUT2D eigenvalue weighted by Crippen LogP contribution is -2.42. The fourth-order valence-corrected chi connectivity index (χ4v) is 1.69. The molecule has 76 valence electrons. The van der Waals surface area contributed by atoms with Crippen molar-refractivity contribution in [3.05, 3.63) is 0 Å². The largest absolute Gasteiger partial charge is 0.468 e. The van der Waals surface area contributed by atoms with E-state index >= 15 is 0 Å². The van der Waals surface area contributed by atoms with Crippen molar-refractivity contribution in [3.8, 4) is 0 Å². The number of hydrogen-bond acceptors (Lipinski definition) is 4. The highest BCUT2D eigenvalue weighted by Crippen LogP contribution is 2.22. The van der Waals surface area contributed by atoms with Gasteiger partial charge in [-0.25, -0.2) is 0 Å². The average Bonchev–Trinajstić information content (AvgIpc) is 2.15. The minimum atomic E-state index is -0.489. The summed E-state index contributed by atoms with van der Waals surface area (Å²) in [6.07, 6.45) is 1.89. The van der Waals surface area contributed by atoms with Crippen LogP contribution in [0.15, 0.2) is 0 Å². The summed E-state index contributed by atoms with van der Waals surface area (Å²) in [5.41, 5.74) is 5.73. The van der Waals surface area contributed by atoms with E-state index in [2.05, 4.69) is 4.74 Å². The van der Waals surface area contributed by atoms with Crippen LogP contribution in [0.3, 0.4) is 0 Å². The Labute approximate surface area is 78.4 Å². The molecule has 0 aromatic rings. The molecule has 4 heteroatoms. The molecule has 1 saturated heterocycles. The summed E-state index contributed by atoms with van der Waals surface area (Å²) in [7, 11) is 1.37. The van der Waals surface area contributed by atoms with Gasteiger partial charge in [0.25, 0.3) is 0 Å². The maximum Gasteiger partial charge on any atom is 0.322 e. The summed E-state index contributed by atoms with van der Waals surface area (Å²) < 4.78 is 9.96. The van der Waals surface area contributed by atoms with E-state index in [1.807, 2.05) is 6.92 Å². The van der Waals surface area contributed by atoms with E-state index in [9.17, 15) is 4.79 Å². The predicted molar refractivity (Wildman–Crippen MR) is 48.1 cm³/mol. The number of hydrogen-bond donors (Lipinski definition) is 1. The number of ether oxygens (including phenoxy) is 2. The smallest absolute Gasteiger partial charge is 0.322 e. The summed E-state index contributed by atoms with van der Waals surface area (Å²) in [4.78, 5) is 11.1. The number of esters is 1. The molecule has 0 saturated carbocycles. The number of nitrogens with two attached hydrogens (primary N) is 1. The molecular weight excluding hydrogens is 170 g/mol. The zero-order valence-electron chi connectivity index (χ0n) is 8.16. The van der Waals surface area contributed by atoms with Crippen molar-refractivity contribution in [1.29, 1.82) is 0 Å². The zero-order valence-corrected chi connectivity index (χ0v) is 8.16. The quantitative estimate of drug-likeness (QED) is 0.632. The monoisotopic (exact) mass is 187 g/mol. The highest BCUT2D eigenvalue weighted by Gasteiger charge is 2.29. The molecule has 0 amide bonds. The molecule has 4 nitrogen and oxygen atoms in total. The van der Waals surface area contributed by atoms with Crippen LogP contribution in [-0.4, -0.2) is 31.8 Å². The first-order valence-electron chi connectivity index (χ1n) is 4.60. The van der Waals surface area contributed by atoms with Crippen molar-refractivity contribution in [3.63, 3.8) is 0 Å². The van der Waals surface area contributed by atoms with Gasteiger partial charge in [0.05, 0.1) is 13.2 Å². The molecule has 0 spiro atoms. The Morgan fingerprint density at radius 2 is 2.38 bits per heavy atom. The van der Waals surface area contributed by atoms with Crippen LogP contribution in [0.1, 0.15) is 19.8 Å². The first kappa shape index (κ1) is 10.5. The lowest BCUT2D eigenvalue weighted by atomic mass is 9.89. The van der Waals surface area contributed by atoms with Gasteiger partial charge >= 0.3 is 5.97 Å². The highest BCUT2D eigenvalue weighted by atomic mass is 16.5. The maximum atomic E-state index is 11.1. The van der Waals surface area contributed by atoms with Crippen LogP contribution in [0.5, 0.6) is 0 Å². The first-order valence-corrected chi connectivity index (χ1v) is 4.60. The van der Waals surface area contributed by atoms with E-state index in [0.717, 1.165) is 12.8 Å². The third-order valence-corrected chi connectivity index (χ3v) is 2.51. The molecule has 0 radical (unpaired) electrons. The normalized spacial score (nSPS) is 31.0. The standard InChI is InChI=1S/C9H17NO3/c1-6-5-7(3-4-13-6)8(10)9(11)12-2/h6-8H,3-5,10H2,1-2H3. The molecule has 0 aromatic heterocycles. The Balaban J connectivity index is 2.45. The van der Waals surface area contributed by atoms with Crippen molar-refractivity contribution in [2.75, 3.05) is 13.7 Å². The van der Waals surface area contributed by atoms with Crippen molar-refractivity contribution < 1.29 is 14.3 Å². The van der Waals surface area contributed by atoms with Crippen LogP contribution in [0, 0.1) is 5.92 Å². The topological polar surface area (TPSA) is 61.5 Å². The van der Waals surface area contributed by atoms with E-state index in [0.29, 0.717) is 6.61 Å². The van der Waals surface area contributed by atoms with E-state index < -0.39 is 6.04 Å². The van der Waals surface area contributed by atoms with Crippen LogP contribution in [0.4, 0.5) is 0 Å². The minimum Gasteiger partial charge on any atom is -0.468 e. The van der Waals surface area contributed by atoms with Crippen molar-refractivity contribution >= 4 is 5.97 Å². The molecule has 13 heavy (non-hydrogen) atoms. The van der Waals surface area contributed by atoms with Gasteiger partial charge in [-0.05, 0) is 25.7 Å². The van der Waals surface area contributed by atoms with Crippen molar-refractivity contribution in [2.24, 2.45) is 11.7 Å². The Hall–Kier alpha value is -0.610. The molecule has 1 aliphatic heterocycles. The van der Waals surface area contributed by atoms with Crippen molar-refractivity contribution in [1.82, 2.24) is 0 Å². The minimum absolute atomic E-state index is 0.203. The Bertz CT molecular complexity index is 184. The summed E-state index contributed by atoms with van der Waals surface area (Å²) in [5, 5.41) is 0. The van der Waals surface area contributed by atoms with Gasteiger partial charge < -0.3 is 15.2 Å². The molecule has 1 rings (SSSR count). The Morgan fingerprint density at radius 1 is 1.69 bits per heavy atom. The second-order valence-corrected chi connectivity index (χ2v) is 3.51. The van der Waals surface area contributed by atoms with Crippen LogP contribution in [0.2, 0.25) is 0 Å². The van der Waals surface area contributed by atoms with E-state index in [1.165, 1.54) is 7.11 Å². The van der Waals surface area contributed by atoms with Crippen LogP contribution < -0.4 is 5.73 Å². The SMILES string of the molecule is COC(=O)C(N)C1CCOC(C)C1. The third kappa shape index (κ3) is 2.67. The van der Waals surface area contributed by atoms with E-state index in [-0.39, 0.29) is 18.0 Å². The second-order valence-electron chi connectivity index (χ2n) is 3.51. The van der Waals surface area contributed by atoms with Crippen LogP contribution in [0.25, 0.3) is 0 Å². The van der Waals surface area contributed by atoms with E-state index in [4.69, 9.17) is 10.5 Å². The molecule has 3 atom stereocenters. The van der Waals surface area contributed by atoms with Gasteiger partial charge in [0.2, 0.25) is 0 Å². The molecule has 0 bridgehead atoms. The molecule has 0 aliphatic carbocycles. The lowest BCUT2D eigenvalue weighted by Gasteiger charge is -2.29. The van der Waals surface area contributed by atoms with Gasteiger partial charge in [-0.15, -0.1) is 0 Å². The number of carbonyl (C=O) groups excluding carboxylic acids is 1. The summed E-state index contributed by atoms with van der Waals surface area (Å²) in [6, 6.07) is -0.489. The Morgan fingerprint density at radius 3 is 2.92 bits per heavy atom. The van der Waals surface area contributed by atoms with Crippen molar-refractivity contribution in [2.45, 2.75) is 31.9 Å². The van der Waals surface area contributed by atoms with Gasteiger partial charge in [-0.3, -0.25) is 4.79 Å². The summed E-state index contributed by atoms with van der Waals surface area (Å²) in [6.45, 7) is 2.69. The molecule has 1 fully saturated rings. The van der Waals surface area contributed by atoms with Gasteiger partial charge in [-0.2, -0.15) is 0 Å². The van der Waals surface area contributed by atoms with Gasteiger partial charge in [0.1, 0.15) is 6.04 Å². The molecule has 1 aliphatic rings. The van der Waals surface area contributed by atoms with E-state index in [1.54, 1.807) is 0 Å². The fourth-order valence-electron chi connectivity index (χ4n) is 1.69. The number of carbonyl (C=O) groups is 1. The average molecular weight is 187 g/mol. The van der Waals surface area contributed by atoms with Crippen LogP contribution in [-0.2, 0) is 14.3 Å². The maximum absolute atomic E-state index is 11.1. The van der Waals surface area contributed by atoms with Gasteiger partial charge in [-0.1, -0.05) is 0 Å². The molecule has 0 aromatic carbocycles. The molecule has 1 heterocycles. The molecule has 2 N–H and O–H groups in total. The first-order chi connectivity index (χ1) is 6.15. The molecular formula is C9H17NO3. The third-order valence-electron chi connectivity index (χ3n) is 2.51. The Kier molecular flexibility index (Phi) is 3.69. The van der Waals surface area contributed by atoms with Crippen LogP contribution >= 0.6 is 0 Å². The lowest BCUT2D eigenvalue weighted by molar-refractivity contribution is -0.144. The number of methoxy groups -OCH3 is 1. The van der Waals surface area contributed by atoms with Gasteiger partial charge in [0.15, 0.2) is 0 Å². The highest BCUT2D eigenvalue weighted by molar-refractivity contribution is 5.75. The predicted octanol–water partition coefficient (Wildman–Crippen LogP) is 0.302. The molecule has 3 unspecified atom stereocenters. The zero-order chi connectivity index (χ0) is 9.84. The number of rotatable bonds is 2.